The molecular weight excluding hydrogens is 463 g/mol. The molecule has 1 aromatic heterocycles. The number of hydrogen-bond acceptors (Lipinski definition) is 4. The molecule has 0 radical (unpaired) electrons. The van der Waals surface area contributed by atoms with Crippen LogP contribution in [0.4, 0.5) is 5.69 Å². The van der Waals surface area contributed by atoms with Crippen molar-refractivity contribution in [2.45, 2.75) is 6.61 Å². The van der Waals surface area contributed by atoms with Crippen LogP contribution in [0.25, 0.3) is 11.3 Å². The maximum atomic E-state index is 12.3. The van der Waals surface area contributed by atoms with Gasteiger partial charge in [-0.3, -0.25) is 10.1 Å². The molecule has 132 valence electrons. The first-order valence-corrected chi connectivity index (χ1v) is 9.22. The molecule has 0 bridgehead atoms. The highest BCUT2D eigenvalue weighted by Crippen LogP contribution is 2.23. The third-order valence-electron chi connectivity index (χ3n) is 3.59. The number of aliphatic hydroxyl groups excluding tert-OH is 1. The Morgan fingerprint density at radius 3 is 2.46 bits per heavy atom. The van der Waals surface area contributed by atoms with E-state index in [4.69, 9.17) is 21.7 Å². The average Bonchev–Trinajstić information content (AvgIpc) is 3.11. The monoisotopic (exact) mass is 478 g/mol. The van der Waals surface area contributed by atoms with Crippen LogP contribution >= 0.6 is 34.8 Å². The lowest BCUT2D eigenvalue weighted by Crippen LogP contribution is -2.34. The van der Waals surface area contributed by atoms with Gasteiger partial charge in [0.1, 0.15) is 18.1 Å². The second-order valence-electron chi connectivity index (χ2n) is 5.39. The Morgan fingerprint density at radius 2 is 1.81 bits per heavy atom. The number of furan rings is 1. The fourth-order valence-electron chi connectivity index (χ4n) is 2.31. The van der Waals surface area contributed by atoms with E-state index in [1.165, 1.54) is 0 Å². The molecule has 0 unspecified atom stereocenters. The second-order valence-corrected chi connectivity index (χ2v) is 6.96. The molecule has 3 N–H and O–H groups in total. The molecule has 26 heavy (non-hydrogen) atoms. The molecule has 0 atom stereocenters. The molecule has 7 heteroatoms. The minimum absolute atomic E-state index is 0.131. The number of thiocarbonyl (C=S) groups is 1. The SMILES string of the molecule is O=C(NC(=S)Nc1ccc(-c2ccc(CO)o2)cc1)c1ccccc1I. The van der Waals surface area contributed by atoms with Crippen LogP contribution in [-0.4, -0.2) is 16.1 Å². The van der Waals surface area contributed by atoms with Gasteiger partial charge in [0.15, 0.2) is 5.11 Å². The Bertz CT molecular complexity index is 938. The largest absolute Gasteiger partial charge is 0.459 e. The second kappa shape index (κ2) is 8.43. The molecule has 0 aliphatic rings. The number of halogens is 1. The molecule has 2 aromatic carbocycles. The van der Waals surface area contributed by atoms with Gasteiger partial charge in [-0.15, -0.1) is 0 Å². The van der Waals surface area contributed by atoms with Crippen LogP contribution in [-0.2, 0) is 6.61 Å². The third kappa shape index (κ3) is 4.48. The number of amides is 1. The summed E-state index contributed by atoms with van der Waals surface area (Å²) in [5.41, 5.74) is 2.20. The van der Waals surface area contributed by atoms with E-state index in [1.807, 2.05) is 42.5 Å². The lowest BCUT2D eigenvalue weighted by Gasteiger charge is -2.10. The zero-order chi connectivity index (χ0) is 18.5. The van der Waals surface area contributed by atoms with Gasteiger partial charge in [0.2, 0.25) is 0 Å². The van der Waals surface area contributed by atoms with E-state index in [9.17, 15) is 4.79 Å². The van der Waals surface area contributed by atoms with E-state index < -0.39 is 0 Å². The summed E-state index contributed by atoms with van der Waals surface area (Å²) in [6, 6.07) is 18.2. The lowest BCUT2D eigenvalue weighted by molar-refractivity contribution is 0.0977. The van der Waals surface area contributed by atoms with Crippen LogP contribution in [0, 0.1) is 3.57 Å². The van der Waals surface area contributed by atoms with E-state index in [0.29, 0.717) is 17.1 Å². The first-order chi connectivity index (χ1) is 12.6. The Kier molecular flexibility index (Phi) is 6.02. The molecule has 1 amide bonds. The van der Waals surface area contributed by atoms with Gasteiger partial charge in [-0.25, -0.2) is 0 Å². The maximum absolute atomic E-state index is 12.3. The molecule has 0 saturated heterocycles. The molecule has 0 aliphatic carbocycles. The van der Waals surface area contributed by atoms with Crippen molar-refractivity contribution in [3.05, 3.63) is 75.6 Å². The predicted octanol–water partition coefficient (Wildman–Crippen LogP) is 4.17. The number of hydrogen-bond donors (Lipinski definition) is 3. The molecule has 1 heterocycles. The Balaban J connectivity index is 1.62. The highest BCUT2D eigenvalue weighted by atomic mass is 127. The summed E-state index contributed by atoms with van der Waals surface area (Å²) >= 11 is 7.32. The van der Waals surface area contributed by atoms with Gasteiger partial charge in [-0.2, -0.15) is 0 Å². The van der Waals surface area contributed by atoms with Crippen LogP contribution in [0.1, 0.15) is 16.1 Å². The Labute approximate surface area is 169 Å². The smallest absolute Gasteiger partial charge is 0.258 e. The van der Waals surface area contributed by atoms with Gasteiger partial charge in [-0.1, -0.05) is 12.1 Å². The van der Waals surface area contributed by atoms with E-state index >= 15 is 0 Å². The van der Waals surface area contributed by atoms with Crippen LogP contribution in [0.5, 0.6) is 0 Å². The zero-order valence-electron chi connectivity index (χ0n) is 13.5. The summed E-state index contributed by atoms with van der Waals surface area (Å²) in [5.74, 6) is 0.938. The quantitative estimate of drug-likeness (QED) is 0.388. The van der Waals surface area contributed by atoms with Crippen LogP contribution < -0.4 is 10.6 Å². The summed E-state index contributed by atoms with van der Waals surface area (Å²) in [7, 11) is 0. The standard InChI is InChI=1S/C19H15IN2O3S/c20-16-4-2-1-3-15(16)18(24)22-19(26)21-13-7-5-12(6-8-13)17-10-9-14(11-23)25-17/h1-10,23H,11H2,(H2,21,22,24,26). The van der Waals surface area contributed by atoms with Gasteiger partial charge in [0, 0.05) is 14.8 Å². The minimum Gasteiger partial charge on any atom is -0.459 e. The van der Waals surface area contributed by atoms with E-state index in [-0.39, 0.29) is 17.6 Å². The summed E-state index contributed by atoms with van der Waals surface area (Å²) in [5, 5.41) is 14.9. The third-order valence-corrected chi connectivity index (χ3v) is 4.74. The Hall–Kier alpha value is -2.23. The molecule has 0 fully saturated rings. The van der Waals surface area contributed by atoms with Crippen molar-refractivity contribution in [3.63, 3.8) is 0 Å². The summed E-state index contributed by atoms with van der Waals surface area (Å²) in [6.45, 7) is -0.131. The highest BCUT2D eigenvalue weighted by molar-refractivity contribution is 14.1. The number of nitrogens with one attached hydrogen (secondary N) is 2. The number of rotatable bonds is 4. The molecule has 0 saturated carbocycles. The number of aliphatic hydroxyl groups is 1. The van der Waals surface area contributed by atoms with Crippen molar-refractivity contribution in [1.82, 2.24) is 5.32 Å². The molecule has 0 spiro atoms. The van der Waals surface area contributed by atoms with Gasteiger partial charge in [0.25, 0.3) is 5.91 Å². The number of carbonyl (C=O) groups excluding carboxylic acids is 1. The molecule has 3 rings (SSSR count). The molecule has 0 aliphatic heterocycles. The highest BCUT2D eigenvalue weighted by Gasteiger charge is 2.11. The lowest BCUT2D eigenvalue weighted by atomic mass is 10.1. The number of anilines is 1. The van der Waals surface area contributed by atoms with Crippen LogP contribution in [0.2, 0.25) is 0 Å². The van der Waals surface area contributed by atoms with Crippen molar-refractivity contribution in [2.24, 2.45) is 0 Å². The summed E-state index contributed by atoms with van der Waals surface area (Å²) in [4.78, 5) is 12.3. The first-order valence-electron chi connectivity index (χ1n) is 7.73. The zero-order valence-corrected chi connectivity index (χ0v) is 16.5. The van der Waals surface area contributed by atoms with E-state index in [2.05, 4.69) is 33.2 Å². The van der Waals surface area contributed by atoms with E-state index in [1.54, 1.807) is 18.2 Å². The van der Waals surface area contributed by atoms with Gasteiger partial charge in [-0.05, 0) is 83.3 Å². The van der Waals surface area contributed by atoms with Gasteiger partial charge in [0.05, 0.1) is 5.56 Å². The normalized spacial score (nSPS) is 10.4. The Morgan fingerprint density at radius 1 is 1.08 bits per heavy atom. The molecular formula is C19H15IN2O3S. The minimum atomic E-state index is -0.253. The fourth-order valence-corrected chi connectivity index (χ4v) is 3.16. The van der Waals surface area contributed by atoms with Crippen LogP contribution in [0.15, 0.2) is 65.1 Å². The van der Waals surface area contributed by atoms with Gasteiger partial charge < -0.3 is 14.8 Å². The summed E-state index contributed by atoms with van der Waals surface area (Å²) < 4.78 is 6.36. The topological polar surface area (TPSA) is 74.5 Å². The predicted molar refractivity (Wildman–Crippen MR) is 113 cm³/mol. The van der Waals surface area contributed by atoms with Crippen molar-refractivity contribution in [2.75, 3.05) is 5.32 Å². The molecule has 3 aromatic rings. The first kappa shape index (κ1) is 18.6. The number of benzene rings is 2. The van der Waals surface area contributed by atoms with E-state index in [0.717, 1.165) is 14.8 Å². The summed E-state index contributed by atoms with van der Waals surface area (Å²) in [6.07, 6.45) is 0. The van der Waals surface area contributed by atoms with Crippen LogP contribution in [0.3, 0.4) is 0 Å². The van der Waals surface area contributed by atoms with Crippen molar-refractivity contribution in [3.8, 4) is 11.3 Å². The van der Waals surface area contributed by atoms with Crippen molar-refractivity contribution < 1.29 is 14.3 Å². The van der Waals surface area contributed by atoms with Gasteiger partial charge >= 0.3 is 0 Å². The van der Waals surface area contributed by atoms with Crippen molar-refractivity contribution >= 4 is 51.5 Å². The van der Waals surface area contributed by atoms with Crippen molar-refractivity contribution in [1.29, 1.82) is 0 Å². The maximum Gasteiger partial charge on any atom is 0.258 e. The number of carbonyl (C=O) groups is 1. The molecule has 5 nitrogen and oxygen atoms in total. The average molecular weight is 478 g/mol. The fraction of sp³-hybridized carbons (Fsp3) is 0.0526.